The molecule has 128 valence electrons. The highest BCUT2D eigenvalue weighted by molar-refractivity contribution is 5.65. The van der Waals surface area contributed by atoms with Crippen molar-refractivity contribution in [2.24, 2.45) is 0 Å². The van der Waals surface area contributed by atoms with Crippen molar-refractivity contribution in [3.8, 4) is 5.75 Å². The van der Waals surface area contributed by atoms with Gasteiger partial charge >= 0.3 is 12.3 Å². The molecule has 0 radical (unpaired) electrons. The zero-order valence-corrected chi connectivity index (χ0v) is 10.6. The Labute approximate surface area is 121 Å². The minimum atomic E-state index is -5.10. The fraction of sp³-hybridized carbons (Fsp3) is 0.364. The number of carbonyl (C=O) groups excluding carboxylic acids is 1. The van der Waals surface area contributed by atoms with Crippen LogP contribution in [0.4, 0.5) is 39.9 Å². The van der Waals surface area contributed by atoms with Gasteiger partial charge in [0, 0.05) is 0 Å². The highest BCUT2D eigenvalue weighted by Gasteiger charge is 2.64. The Bertz CT molecular complexity index is 623. The fourth-order valence-electron chi connectivity index (χ4n) is 1.51. The topological polar surface area (TPSA) is 44.8 Å². The van der Waals surface area contributed by atoms with E-state index in [1.54, 1.807) is 0 Å². The first-order chi connectivity index (χ1) is 10.5. The summed E-state index contributed by atoms with van der Waals surface area (Å²) in [5.74, 6) is -14.6. The van der Waals surface area contributed by atoms with E-state index in [0.717, 1.165) is 0 Å². The molecule has 0 spiro atoms. The van der Waals surface area contributed by atoms with Crippen LogP contribution in [0.15, 0.2) is 0 Å². The van der Waals surface area contributed by atoms with Gasteiger partial charge in [-0.1, -0.05) is 0 Å². The molecule has 23 heavy (non-hydrogen) atoms. The summed E-state index contributed by atoms with van der Waals surface area (Å²) in [6.07, 6.45) is -7.41. The Morgan fingerprint density at radius 3 is 1.70 bits per heavy atom. The lowest BCUT2D eigenvalue weighted by atomic mass is 10.0. The highest BCUT2D eigenvalue weighted by atomic mass is 19.4. The standard InChI is InChI=1S/C11H4F8O4/c12-3-4(13)6(15)8(7(16)5(3)14)22-9(20)23-10(1-21-2-10)11(17,18)19/h1-2H2. The Balaban J connectivity index is 2.25. The first-order valence-electron chi connectivity index (χ1n) is 5.57. The number of halogens is 8. The molecular formula is C11H4F8O4. The van der Waals surface area contributed by atoms with E-state index in [2.05, 4.69) is 14.2 Å². The quantitative estimate of drug-likeness (QED) is 0.270. The molecular weight excluding hydrogens is 348 g/mol. The number of hydrogen-bond acceptors (Lipinski definition) is 4. The maximum absolute atomic E-state index is 13.2. The van der Waals surface area contributed by atoms with Crippen LogP contribution in [0.1, 0.15) is 0 Å². The van der Waals surface area contributed by atoms with Crippen molar-refractivity contribution in [2.75, 3.05) is 13.2 Å². The normalized spacial score (nSPS) is 16.7. The summed E-state index contributed by atoms with van der Waals surface area (Å²) in [7, 11) is 0. The van der Waals surface area contributed by atoms with E-state index < -0.39 is 66.0 Å². The van der Waals surface area contributed by atoms with Crippen molar-refractivity contribution in [1.82, 2.24) is 0 Å². The SMILES string of the molecule is O=C(Oc1c(F)c(F)c(F)c(F)c1F)OC1(C(F)(F)F)COC1. The summed E-state index contributed by atoms with van der Waals surface area (Å²) in [5, 5.41) is 0. The third kappa shape index (κ3) is 2.78. The molecule has 0 unspecified atom stereocenters. The third-order valence-electron chi connectivity index (χ3n) is 2.82. The minimum Gasteiger partial charge on any atom is -0.413 e. The summed E-state index contributed by atoms with van der Waals surface area (Å²) in [5.41, 5.74) is -3.12. The summed E-state index contributed by atoms with van der Waals surface area (Å²) in [4.78, 5) is 11.2. The molecule has 1 fully saturated rings. The minimum absolute atomic E-state index is 1.11. The summed E-state index contributed by atoms with van der Waals surface area (Å²) < 4.78 is 115. The van der Waals surface area contributed by atoms with Crippen LogP contribution < -0.4 is 4.74 Å². The smallest absolute Gasteiger partial charge is 0.413 e. The first kappa shape index (κ1) is 17.2. The van der Waals surface area contributed by atoms with Crippen molar-refractivity contribution in [1.29, 1.82) is 0 Å². The van der Waals surface area contributed by atoms with Crippen molar-refractivity contribution in [3.63, 3.8) is 0 Å². The lowest BCUT2D eigenvalue weighted by Gasteiger charge is -2.40. The summed E-state index contributed by atoms with van der Waals surface area (Å²) >= 11 is 0. The zero-order chi connectivity index (χ0) is 17.6. The molecule has 0 aromatic heterocycles. The van der Waals surface area contributed by atoms with E-state index in [1.807, 2.05) is 0 Å². The van der Waals surface area contributed by atoms with Gasteiger partial charge in [-0.05, 0) is 0 Å². The number of carbonyl (C=O) groups is 1. The highest BCUT2D eigenvalue weighted by Crippen LogP contribution is 2.40. The molecule has 0 atom stereocenters. The second-order valence-corrected chi connectivity index (χ2v) is 4.34. The molecule has 4 nitrogen and oxygen atoms in total. The molecule has 0 bridgehead atoms. The monoisotopic (exact) mass is 352 g/mol. The molecule has 2 rings (SSSR count). The zero-order valence-electron chi connectivity index (χ0n) is 10.6. The van der Waals surface area contributed by atoms with E-state index in [9.17, 15) is 39.9 Å². The van der Waals surface area contributed by atoms with Gasteiger partial charge in [0.1, 0.15) is 0 Å². The van der Waals surface area contributed by atoms with Gasteiger partial charge in [0.05, 0.1) is 13.2 Å². The van der Waals surface area contributed by atoms with Gasteiger partial charge < -0.3 is 14.2 Å². The van der Waals surface area contributed by atoms with E-state index in [1.165, 1.54) is 0 Å². The van der Waals surface area contributed by atoms with Gasteiger partial charge in [0.2, 0.25) is 34.8 Å². The molecule has 12 heteroatoms. The maximum Gasteiger partial charge on any atom is 0.515 e. The molecule has 1 aliphatic rings. The van der Waals surface area contributed by atoms with E-state index in [4.69, 9.17) is 0 Å². The third-order valence-corrected chi connectivity index (χ3v) is 2.82. The number of ether oxygens (including phenoxy) is 3. The van der Waals surface area contributed by atoms with Crippen molar-refractivity contribution in [3.05, 3.63) is 29.1 Å². The van der Waals surface area contributed by atoms with Gasteiger partial charge in [0.15, 0.2) is 0 Å². The first-order valence-corrected chi connectivity index (χ1v) is 5.57. The lowest BCUT2D eigenvalue weighted by molar-refractivity contribution is -0.334. The second-order valence-electron chi connectivity index (χ2n) is 4.34. The van der Waals surface area contributed by atoms with Gasteiger partial charge in [-0.2, -0.15) is 22.0 Å². The number of benzene rings is 1. The van der Waals surface area contributed by atoms with Crippen LogP contribution >= 0.6 is 0 Å². The van der Waals surface area contributed by atoms with Crippen LogP contribution in [-0.4, -0.2) is 31.1 Å². The van der Waals surface area contributed by atoms with Crippen LogP contribution in [0.2, 0.25) is 0 Å². The van der Waals surface area contributed by atoms with Crippen molar-refractivity contribution in [2.45, 2.75) is 11.8 Å². The van der Waals surface area contributed by atoms with E-state index in [0.29, 0.717) is 0 Å². The largest absolute Gasteiger partial charge is 0.515 e. The predicted molar refractivity (Wildman–Crippen MR) is 52.9 cm³/mol. The van der Waals surface area contributed by atoms with Crippen LogP contribution in [-0.2, 0) is 9.47 Å². The maximum atomic E-state index is 13.2. The molecule has 1 aliphatic heterocycles. The van der Waals surface area contributed by atoms with Crippen LogP contribution in [0, 0.1) is 29.1 Å². The van der Waals surface area contributed by atoms with Gasteiger partial charge in [-0.3, -0.25) is 0 Å². The Morgan fingerprint density at radius 2 is 1.35 bits per heavy atom. The predicted octanol–water partition coefficient (Wildman–Crippen LogP) is 3.23. The molecule has 1 saturated heterocycles. The van der Waals surface area contributed by atoms with Gasteiger partial charge in [-0.25, -0.2) is 18.0 Å². The molecule has 1 aromatic rings. The van der Waals surface area contributed by atoms with Gasteiger partial charge in [0.25, 0.3) is 5.60 Å². The number of alkyl halides is 3. The van der Waals surface area contributed by atoms with Crippen LogP contribution in [0.3, 0.4) is 0 Å². The average Bonchev–Trinajstić information content (AvgIpc) is 2.42. The van der Waals surface area contributed by atoms with Crippen molar-refractivity contribution < 1.29 is 54.1 Å². The number of rotatable bonds is 2. The molecule has 0 aliphatic carbocycles. The van der Waals surface area contributed by atoms with Crippen molar-refractivity contribution >= 4 is 6.16 Å². The Hall–Kier alpha value is -2.11. The summed E-state index contributed by atoms with van der Waals surface area (Å²) in [6, 6.07) is 0. The van der Waals surface area contributed by atoms with E-state index >= 15 is 0 Å². The molecule has 0 N–H and O–H groups in total. The van der Waals surface area contributed by atoms with E-state index in [-0.39, 0.29) is 0 Å². The Morgan fingerprint density at radius 1 is 0.913 bits per heavy atom. The van der Waals surface area contributed by atoms with Gasteiger partial charge in [-0.15, -0.1) is 0 Å². The second kappa shape index (κ2) is 5.51. The van der Waals surface area contributed by atoms with Crippen LogP contribution in [0.25, 0.3) is 0 Å². The molecule has 0 amide bonds. The Kier molecular flexibility index (Phi) is 4.13. The molecule has 0 saturated carbocycles. The lowest BCUT2D eigenvalue weighted by Crippen LogP contribution is -2.63. The molecule has 1 aromatic carbocycles. The fourth-order valence-corrected chi connectivity index (χ4v) is 1.51. The molecule has 1 heterocycles. The average molecular weight is 352 g/mol. The summed E-state index contributed by atoms with van der Waals surface area (Å²) in [6.45, 7) is -2.22. The number of hydrogen-bond donors (Lipinski definition) is 0. The van der Waals surface area contributed by atoms with Crippen LogP contribution in [0.5, 0.6) is 5.75 Å².